The molecule has 1 amide bonds. The van der Waals surface area contributed by atoms with Gasteiger partial charge in [-0.3, -0.25) is 9.69 Å². The van der Waals surface area contributed by atoms with Gasteiger partial charge in [0.1, 0.15) is 5.75 Å². The minimum atomic E-state index is -0.0935. The van der Waals surface area contributed by atoms with E-state index in [2.05, 4.69) is 0 Å². The third-order valence-corrected chi connectivity index (χ3v) is 4.50. The minimum absolute atomic E-state index is 0.0935. The highest BCUT2D eigenvalue weighted by Crippen LogP contribution is 2.36. The first kappa shape index (κ1) is 14.8. The number of benzene rings is 2. The van der Waals surface area contributed by atoms with Gasteiger partial charge >= 0.3 is 0 Å². The summed E-state index contributed by atoms with van der Waals surface area (Å²) in [5.41, 5.74) is 1.70. The van der Waals surface area contributed by atoms with Crippen molar-refractivity contribution in [1.82, 2.24) is 0 Å². The van der Waals surface area contributed by atoms with Crippen molar-refractivity contribution in [2.75, 3.05) is 12.0 Å². The average molecular weight is 327 g/mol. The monoisotopic (exact) mass is 327 g/mol. The number of anilines is 1. The molecule has 2 aromatic rings. The Morgan fingerprint density at radius 2 is 1.91 bits per heavy atom. The van der Waals surface area contributed by atoms with Crippen LogP contribution >= 0.6 is 24.0 Å². The molecule has 1 aliphatic heterocycles. The predicted octanol–water partition coefficient (Wildman–Crippen LogP) is 4.10. The number of carbonyl (C=O) groups excluding carboxylic acids is 1. The molecule has 0 unspecified atom stereocenters. The Morgan fingerprint density at radius 1 is 1.14 bits per heavy atom. The Kier molecular flexibility index (Phi) is 4.27. The maximum atomic E-state index is 12.6. The molecule has 0 spiro atoms. The molecule has 0 N–H and O–H groups in total. The molecular weight excluding hydrogens is 314 g/mol. The summed E-state index contributed by atoms with van der Waals surface area (Å²) in [6, 6.07) is 17.0. The van der Waals surface area contributed by atoms with Crippen molar-refractivity contribution in [3.63, 3.8) is 0 Å². The first-order chi connectivity index (χ1) is 10.7. The van der Waals surface area contributed by atoms with Crippen LogP contribution in [0, 0.1) is 0 Å². The van der Waals surface area contributed by atoms with Gasteiger partial charge in [-0.05, 0) is 35.9 Å². The van der Waals surface area contributed by atoms with Gasteiger partial charge in [-0.15, -0.1) is 0 Å². The Hall–Kier alpha value is -2.11. The molecular formula is C17H13NO2S2. The fraction of sp³-hybridized carbons (Fsp3) is 0.0588. The molecule has 3 rings (SSSR count). The molecule has 22 heavy (non-hydrogen) atoms. The van der Waals surface area contributed by atoms with E-state index in [-0.39, 0.29) is 5.91 Å². The van der Waals surface area contributed by atoms with Gasteiger partial charge in [0.05, 0.1) is 17.7 Å². The number of hydrogen-bond donors (Lipinski definition) is 0. The zero-order chi connectivity index (χ0) is 15.5. The molecule has 0 saturated carbocycles. The molecule has 0 bridgehead atoms. The molecule has 2 aromatic carbocycles. The fourth-order valence-corrected chi connectivity index (χ4v) is 3.45. The van der Waals surface area contributed by atoms with E-state index in [1.807, 2.05) is 60.7 Å². The van der Waals surface area contributed by atoms with Crippen molar-refractivity contribution in [3.8, 4) is 5.75 Å². The van der Waals surface area contributed by atoms with Gasteiger partial charge in [0.2, 0.25) is 0 Å². The molecule has 1 aliphatic rings. The van der Waals surface area contributed by atoms with E-state index in [1.165, 1.54) is 11.8 Å². The maximum Gasteiger partial charge on any atom is 0.270 e. The quantitative estimate of drug-likeness (QED) is 0.627. The molecule has 1 heterocycles. The van der Waals surface area contributed by atoms with Gasteiger partial charge in [0, 0.05) is 0 Å². The molecule has 1 fully saturated rings. The second-order valence-corrected chi connectivity index (χ2v) is 6.31. The third kappa shape index (κ3) is 2.91. The number of para-hydroxylation sites is 1. The molecule has 0 aromatic heterocycles. The van der Waals surface area contributed by atoms with Crippen molar-refractivity contribution in [1.29, 1.82) is 0 Å². The van der Waals surface area contributed by atoms with Gasteiger partial charge in [-0.25, -0.2) is 0 Å². The summed E-state index contributed by atoms with van der Waals surface area (Å²) < 4.78 is 5.75. The number of carbonyl (C=O) groups is 1. The van der Waals surface area contributed by atoms with Gasteiger partial charge in [-0.2, -0.15) is 0 Å². The lowest BCUT2D eigenvalue weighted by atomic mass is 10.2. The SMILES string of the molecule is COc1cccc(/C=C2/SC(=S)N(c3ccccc3)C2=O)c1. The number of nitrogens with zero attached hydrogens (tertiary/aromatic N) is 1. The van der Waals surface area contributed by atoms with E-state index in [0.717, 1.165) is 17.0 Å². The summed E-state index contributed by atoms with van der Waals surface area (Å²) in [5.74, 6) is 0.663. The van der Waals surface area contributed by atoms with Crippen LogP contribution in [0.15, 0.2) is 59.5 Å². The van der Waals surface area contributed by atoms with Gasteiger partial charge < -0.3 is 4.74 Å². The van der Waals surface area contributed by atoms with Crippen LogP contribution in [0.4, 0.5) is 5.69 Å². The summed E-state index contributed by atoms with van der Waals surface area (Å²) in [4.78, 5) is 14.8. The summed E-state index contributed by atoms with van der Waals surface area (Å²) in [5, 5.41) is 0. The van der Waals surface area contributed by atoms with Crippen molar-refractivity contribution in [2.45, 2.75) is 0 Å². The zero-order valence-electron chi connectivity index (χ0n) is 11.9. The minimum Gasteiger partial charge on any atom is -0.497 e. The van der Waals surface area contributed by atoms with Crippen molar-refractivity contribution >= 4 is 46.0 Å². The van der Waals surface area contributed by atoms with E-state index in [1.54, 1.807) is 12.0 Å². The molecule has 0 aliphatic carbocycles. The summed E-state index contributed by atoms with van der Waals surface area (Å²) >= 11 is 6.66. The highest BCUT2D eigenvalue weighted by atomic mass is 32.2. The lowest BCUT2D eigenvalue weighted by Gasteiger charge is -2.13. The number of ether oxygens (including phenoxy) is 1. The van der Waals surface area contributed by atoms with Gasteiger partial charge in [0.15, 0.2) is 4.32 Å². The molecule has 3 nitrogen and oxygen atoms in total. The largest absolute Gasteiger partial charge is 0.497 e. The normalized spacial score (nSPS) is 16.4. The lowest BCUT2D eigenvalue weighted by Crippen LogP contribution is -2.27. The molecule has 5 heteroatoms. The van der Waals surface area contributed by atoms with E-state index in [4.69, 9.17) is 17.0 Å². The average Bonchev–Trinajstić information content (AvgIpc) is 2.82. The summed E-state index contributed by atoms with van der Waals surface area (Å²) in [6.07, 6.45) is 1.84. The van der Waals surface area contributed by atoms with Crippen LogP contribution in [0.5, 0.6) is 5.75 Å². The van der Waals surface area contributed by atoms with E-state index in [9.17, 15) is 4.79 Å². The Labute approximate surface area is 138 Å². The van der Waals surface area contributed by atoms with Crippen LogP contribution in [0.1, 0.15) is 5.56 Å². The molecule has 0 radical (unpaired) electrons. The van der Waals surface area contributed by atoms with Crippen molar-refractivity contribution in [3.05, 3.63) is 65.1 Å². The van der Waals surface area contributed by atoms with Crippen molar-refractivity contribution < 1.29 is 9.53 Å². The highest BCUT2D eigenvalue weighted by Gasteiger charge is 2.33. The summed E-state index contributed by atoms with van der Waals surface area (Å²) in [7, 11) is 1.62. The third-order valence-electron chi connectivity index (χ3n) is 3.20. The topological polar surface area (TPSA) is 29.5 Å². The second-order valence-electron chi connectivity index (χ2n) is 4.63. The zero-order valence-corrected chi connectivity index (χ0v) is 13.5. The fourth-order valence-electron chi connectivity index (χ4n) is 2.15. The first-order valence-corrected chi connectivity index (χ1v) is 7.88. The molecule has 110 valence electrons. The van der Waals surface area contributed by atoms with Crippen LogP contribution in [0.2, 0.25) is 0 Å². The Bertz CT molecular complexity index is 756. The number of methoxy groups -OCH3 is 1. The number of hydrogen-bond acceptors (Lipinski definition) is 4. The van der Waals surface area contributed by atoms with E-state index >= 15 is 0 Å². The summed E-state index contributed by atoms with van der Waals surface area (Å²) in [6.45, 7) is 0. The van der Waals surface area contributed by atoms with Crippen LogP contribution in [-0.4, -0.2) is 17.3 Å². The predicted molar refractivity (Wildman–Crippen MR) is 95.1 cm³/mol. The number of thiocarbonyl (C=S) groups is 1. The Balaban J connectivity index is 1.92. The maximum absolute atomic E-state index is 12.6. The van der Waals surface area contributed by atoms with Crippen LogP contribution in [-0.2, 0) is 4.79 Å². The number of thioether (sulfide) groups is 1. The number of amides is 1. The second kappa shape index (κ2) is 6.34. The van der Waals surface area contributed by atoms with Crippen molar-refractivity contribution in [2.24, 2.45) is 0 Å². The first-order valence-electron chi connectivity index (χ1n) is 6.66. The highest BCUT2D eigenvalue weighted by molar-refractivity contribution is 8.27. The van der Waals surface area contributed by atoms with E-state index < -0.39 is 0 Å². The van der Waals surface area contributed by atoms with Gasteiger partial charge in [0.25, 0.3) is 5.91 Å². The van der Waals surface area contributed by atoms with E-state index in [0.29, 0.717) is 9.23 Å². The standard InChI is InChI=1S/C17H13NO2S2/c1-20-14-9-5-6-12(10-14)11-15-16(19)18(17(21)22-15)13-7-3-2-4-8-13/h2-11H,1H3/b15-11+. The number of rotatable bonds is 3. The molecule has 0 atom stereocenters. The van der Waals surface area contributed by atoms with Crippen LogP contribution < -0.4 is 9.64 Å². The lowest BCUT2D eigenvalue weighted by molar-refractivity contribution is -0.113. The molecule has 1 saturated heterocycles. The van der Waals surface area contributed by atoms with Crippen LogP contribution in [0.25, 0.3) is 6.08 Å². The Morgan fingerprint density at radius 3 is 2.64 bits per heavy atom. The smallest absolute Gasteiger partial charge is 0.270 e. The van der Waals surface area contributed by atoms with Crippen LogP contribution in [0.3, 0.4) is 0 Å². The van der Waals surface area contributed by atoms with Gasteiger partial charge in [-0.1, -0.05) is 54.3 Å².